The maximum absolute atomic E-state index is 12.5. The molecule has 0 saturated carbocycles. The Morgan fingerprint density at radius 2 is 2.11 bits per heavy atom. The van der Waals surface area contributed by atoms with E-state index in [1.165, 1.54) is 25.3 Å². The molecule has 0 saturated heterocycles. The summed E-state index contributed by atoms with van der Waals surface area (Å²) in [7, 11) is 1.40. The van der Waals surface area contributed by atoms with Gasteiger partial charge in [0.2, 0.25) is 0 Å². The zero-order valence-electron chi connectivity index (χ0n) is 10.4. The van der Waals surface area contributed by atoms with E-state index in [1.807, 2.05) is 0 Å². The van der Waals surface area contributed by atoms with Crippen molar-refractivity contribution < 1.29 is 22.7 Å². The Balaban J connectivity index is 3.05. The third-order valence-electron chi connectivity index (χ3n) is 2.44. The molecule has 0 radical (unpaired) electrons. The number of rotatable bonds is 5. The molecule has 7 heteroatoms. The first-order valence-electron chi connectivity index (χ1n) is 5.63. The minimum atomic E-state index is -4.92. The zero-order chi connectivity index (χ0) is 14.5. The fourth-order valence-corrected chi connectivity index (χ4v) is 1.53. The van der Waals surface area contributed by atoms with E-state index in [0.717, 1.165) is 0 Å². The lowest BCUT2D eigenvalue weighted by Crippen LogP contribution is -2.42. The highest BCUT2D eigenvalue weighted by molar-refractivity contribution is 5.97. The topological polar surface area (TPSA) is 55.6 Å². The maximum atomic E-state index is 12.5. The van der Waals surface area contributed by atoms with Gasteiger partial charge in [0.1, 0.15) is 5.75 Å². The van der Waals surface area contributed by atoms with E-state index in [0.29, 0.717) is 10.6 Å². The van der Waals surface area contributed by atoms with Crippen molar-refractivity contribution in [2.24, 2.45) is 5.73 Å². The number of methoxy groups -OCH3 is 1. The lowest BCUT2D eigenvalue weighted by atomic mass is 10.2. The van der Waals surface area contributed by atoms with Crippen molar-refractivity contribution >= 4 is 11.6 Å². The van der Waals surface area contributed by atoms with Crippen LogP contribution in [0.15, 0.2) is 24.3 Å². The summed E-state index contributed by atoms with van der Waals surface area (Å²) in [5.74, 6) is -1.53. The molecule has 0 bridgehead atoms. The monoisotopic (exact) mass is 276 g/mol. The summed E-state index contributed by atoms with van der Waals surface area (Å²) < 4.78 is 42.6. The molecule has 0 aliphatic heterocycles. The molecule has 0 unspecified atom stereocenters. The van der Waals surface area contributed by atoms with Crippen LogP contribution >= 0.6 is 0 Å². The predicted octanol–water partition coefficient (Wildman–Crippen LogP) is 1.94. The molecular formula is C12H15F3N2O2. The smallest absolute Gasteiger partial charge is 0.471 e. The van der Waals surface area contributed by atoms with Gasteiger partial charge in [-0.25, -0.2) is 0 Å². The summed E-state index contributed by atoms with van der Waals surface area (Å²) in [6, 6.07) is 5.90. The maximum Gasteiger partial charge on any atom is 0.471 e. The van der Waals surface area contributed by atoms with Gasteiger partial charge in [0, 0.05) is 18.3 Å². The highest BCUT2D eigenvalue weighted by Gasteiger charge is 2.42. The van der Waals surface area contributed by atoms with Crippen molar-refractivity contribution in [2.75, 3.05) is 25.1 Å². The summed E-state index contributed by atoms with van der Waals surface area (Å²) in [6.45, 7) is 0.105. The molecule has 0 aliphatic carbocycles. The van der Waals surface area contributed by atoms with Crippen molar-refractivity contribution in [2.45, 2.75) is 12.6 Å². The second kappa shape index (κ2) is 6.42. The van der Waals surface area contributed by atoms with E-state index in [1.54, 1.807) is 6.07 Å². The number of hydrogen-bond donors (Lipinski definition) is 1. The van der Waals surface area contributed by atoms with Gasteiger partial charge in [-0.1, -0.05) is 6.07 Å². The number of amides is 1. The van der Waals surface area contributed by atoms with Gasteiger partial charge in [0.15, 0.2) is 0 Å². The number of alkyl halides is 3. The lowest BCUT2D eigenvalue weighted by molar-refractivity contribution is -0.170. The number of nitrogens with zero attached hydrogens (tertiary/aromatic N) is 1. The van der Waals surface area contributed by atoms with Crippen LogP contribution in [0.1, 0.15) is 6.42 Å². The Kier molecular flexibility index (Phi) is 5.17. The molecule has 106 valence electrons. The van der Waals surface area contributed by atoms with Crippen LogP contribution in [0.25, 0.3) is 0 Å². The van der Waals surface area contributed by atoms with Gasteiger partial charge in [-0.2, -0.15) is 13.2 Å². The molecule has 0 spiro atoms. The van der Waals surface area contributed by atoms with Crippen LogP contribution in [0, 0.1) is 0 Å². The van der Waals surface area contributed by atoms with Crippen LogP contribution < -0.4 is 15.4 Å². The van der Waals surface area contributed by atoms with E-state index in [-0.39, 0.29) is 25.2 Å². The van der Waals surface area contributed by atoms with Crippen molar-refractivity contribution in [1.82, 2.24) is 0 Å². The Morgan fingerprint density at radius 1 is 1.42 bits per heavy atom. The van der Waals surface area contributed by atoms with E-state index < -0.39 is 12.1 Å². The van der Waals surface area contributed by atoms with Crippen molar-refractivity contribution in [3.05, 3.63) is 24.3 Å². The van der Waals surface area contributed by atoms with E-state index >= 15 is 0 Å². The van der Waals surface area contributed by atoms with E-state index in [9.17, 15) is 18.0 Å². The lowest BCUT2D eigenvalue weighted by Gasteiger charge is -2.24. The Morgan fingerprint density at radius 3 is 2.63 bits per heavy atom. The molecule has 0 atom stereocenters. The van der Waals surface area contributed by atoms with Gasteiger partial charge < -0.3 is 15.4 Å². The highest BCUT2D eigenvalue weighted by Crippen LogP contribution is 2.26. The molecule has 2 N–H and O–H groups in total. The van der Waals surface area contributed by atoms with E-state index in [4.69, 9.17) is 10.5 Å². The largest absolute Gasteiger partial charge is 0.497 e. The quantitative estimate of drug-likeness (QED) is 0.894. The molecule has 0 fully saturated rings. The van der Waals surface area contributed by atoms with Crippen molar-refractivity contribution in [1.29, 1.82) is 0 Å². The third-order valence-corrected chi connectivity index (χ3v) is 2.44. The molecule has 1 rings (SSSR count). The van der Waals surface area contributed by atoms with Crippen LogP contribution in [-0.2, 0) is 4.79 Å². The summed E-state index contributed by atoms with van der Waals surface area (Å²) in [6.07, 6.45) is -4.64. The molecule has 4 nitrogen and oxygen atoms in total. The van der Waals surface area contributed by atoms with Crippen LogP contribution in [0.3, 0.4) is 0 Å². The van der Waals surface area contributed by atoms with Gasteiger partial charge in [0.05, 0.1) is 7.11 Å². The third kappa shape index (κ3) is 4.13. The molecule has 1 aromatic carbocycles. The molecule has 1 aromatic rings. The number of anilines is 1. The van der Waals surface area contributed by atoms with Gasteiger partial charge in [-0.15, -0.1) is 0 Å². The average Bonchev–Trinajstić information content (AvgIpc) is 2.38. The number of nitrogens with two attached hydrogens (primary N) is 1. The van der Waals surface area contributed by atoms with Crippen molar-refractivity contribution in [3.63, 3.8) is 0 Å². The summed E-state index contributed by atoms with van der Waals surface area (Å²) >= 11 is 0. The Hall–Kier alpha value is -1.76. The first-order chi connectivity index (χ1) is 8.90. The molecule has 0 heterocycles. The van der Waals surface area contributed by atoms with Gasteiger partial charge in [0.25, 0.3) is 0 Å². The number of halogens is 3. The van der Waals surface area contributed by atoms with Crippen LogP contribution in [0.2, 0.25) is 0 Å². The molecule has 1 amide bonds. The molecule has 19 heavy (non-hydrogen) atoms. The summed E-state index contributed by atoms with van der Waals surface area (Å²) in [5.41, 5.74) is 5.41. The second-order valence-corrected chi connectivity index (χ2v) is 3.80. The minimum absolute atomic E-state index is 0.0952. The second-order valence-electron chi connectivity index (χ2n) is 3.80. The normalized spacial score (nSPS) is 11.2. The van der Waals surface area contributed by atoms with Crippen LogP contribution in [-0.4, -0.2) is 32.3 Å². The van der Waals surface area contributed by atoms with Gasteiger partial charge in [-0.05, 0) is 25.1 Å². The van der Waals surface area contributed by atoms with Gasteiger partial charge >= 0.3 is 12.1 Å². The minimum Gasteiger partial charge on any atom is -0.497 e. The Labute approximate surface area is 108 Å². The van der Waals surface area contributed by atoms with Crippen LogP contribution in [0.4, 0.5) is 18.9 Å². The first-order valence-corrected chi connectivity index (χ1v) is 5.63. The first kappa shape index (κ1) is 15.3. The van der Waals surface area contributed by atoms with E-state index in [2.05, 4.69) is 0 Å². The summed E-state index contributed by atoms with van der Waals surface area (Å²) in [5, 5.41) is 0. The van der Waals surface area contributed by atoms with Gasteiger partial charge in [-0.3, -0.25) is 4.79 Å². The number of ether oxygens (including phenoxy) is 1. The number of carbonyl (C=O) groups excluding carboxylic acids is 1. The molecule has 0 aromatic heterocycles. The SMILES string of the molecule is COc1cccc(N(CCCN)C(=O)C(F)(F)F)c1. The van der Waals surface area contributed by atoms with Crippen LogP contribution in [0.5, 0.6) is 5.75 Å². The number of benzene rings is 1. The average molecular weight is 276 g/mol. The fourth-order valence-electron chi connectivity index (χ4n) is 1.53. The molecular weight excluding hydrogens is 261 g/mol. The zero-order valence-corrected chi connectivity index (χ0v) is 10.4. The predicted molar refractivity (Wildman–Crippen MR) is 65.1 cm³/mol. The number of carbonyl (C=O) groups is 1. The highest BCUT2D eigenvalue weighted by atomic mass is 19.4. The Bertz CT molecular complexity index is 435. The van der Waals surface area contributed by atoms with Crippen molar-refractivity contribution in [3.8, 4) is 5.75 Å². The molecule has 0 aliphatic rings. The standard InChI is InChI=1S/C12H15F3N2O2/c1-19-10-5-2-4-9(8-10)17(7-3-6-16)11(18)12(13,14)15/h2,4-5,8H,3,6-7,16H2,1H3. The fraction of sp³-hybridized carbons (Fsp3) is 0.417. The number of hydrogen-bond acceptors (Lipinski definition) is 3. The summed E-state index contributed by atoms with van der Waals surface area (Å²) in [4.78, 5) is 12.1.